The van der Waals surface area contributed by atoms with Crippen molar-refractivity contribution in [1.82, 2.24) is 15.5 Å². The van der Waals surface area contributed by atoms with Gasteiger partial charge in [0.25, 0.3) is 4.84 Å². The molecular formula is C8H15N3OS. The van der Waals surface area contributed by atoms with E-state index in [0.29, 0.717) is 16.6 Å². The lowest BCUT2D eigenvalue weighted by molar-refractivity contribution is 0.369. The van der Waals surface area contributed by atoms with Crippen LogP contribution in [0.15, 0.2) is 4.42 Å². The van der Waals surface area contributed by atoms with E-state index in [0.717, 1.165) is 6.54 Å². The summed E-state index contributed by atoms with van der Waals surface area (Å²) in [6.45, 7) is 5.12. The molecule has 0 aromatic carbocycles. The fourth-order valence-corrected chi connectivity index (χ4v) is 1.36. The smallest absolute Gasteiger partial charge is 0.284 e. The fourth-order valence-electron chi connectivity index (χ4n) is 1.23. The van der Waals surface area contributed by atoms with Crippen molar-refractivity contribution >= 4 is 12.2 Å². The summed E-state index contributed by atoms with van der Waals surface area (Å²) in [5.41, 5.74) is 0. The summed E-state index contributed by atoms with van der Waals surface area (Å²) in [7, 11) is 1.91. The van der Waals surface area contributed by atoms with Crippen LogP contribution in [-0.2, 0) is 0 Å². The highest BCUT2D eigenvalue weighted by atomic mass is 32.1. The minimum atomic E-state index is 0.276. The second-order valence-corrected chi connectivity index (χ2v) is 3.73. The van der Waals surface area contributed by atoms with Crippen molar-refractivity contribution in [3.8, 4) is 0 Å². The monoisotopic (exact) mass is 201 g/mol. The molecule has 1 atom stereocenters. The molecule has 1 heterocycles. The molecule has 1 unspecified atom stereocenters. The van der Waals surface area contributed by atoms with E-state index in [-0.39, 0.29) is 5.92 Å². The summed E-state index contributed by atoms with van der Waals surface area (Å²) in [5, 5.41) is 9.76. The average Bonchev–Trinajstić information content (AvgIpc) is 2.46. The van der Waals surface area contributed by atoms with E-state index < -0.39 is 0 Å². The van der Waals surface area contributed by atoms with Gasteiger partial charge in [0.05, 0.1) is 5.92 Å². The van der Waals surface area contributed by atoms with Crippen LogP contribution in [0.2, 0.25) is 0 Å². The highest BCUT2D eigenvalue weighted by Gasteiger charge is 2.19. The van der Waals surface area contributed by atoms with Gasteiger partial charge in [-0.2, -0.15) is 0 Å². The zero-order valence-corrected chi connectivity index (χ0v) is 8.94. The van der Waals surface area contributed by atoms with Crippen molar-refractivity contribution in [3.05, 3.63) is 10.7 Å². The Morgan fingerprint density at radius 3 is 2.69 bits per heavy atom. The molecular weight excluding hydrogens is 186 g/mol. The summed E-state index contributed by atoms with van der Waals surface area (Å²) in [4.78, 5) is 0.344. The molecule has 0 radical (unpaired) electrons. The number of rotatable bonds is 4. The lowest BCUT2D eigenvalue weighted by Crippen LogP contribution is -2.21. The molecule has 0 saturated carbocycles. The third-order valence-electron chi connectivity index (χ3n) is 2.00. The van der Waals surface area contributed by atoms with Gasteiger partial charge < -0.3 is 9.73 Å². The molecule has 5 heteroatoms. The van der Waals surface area contributed by atoms with Gasteiger partial charge in [-0.25, -0.2) is 5.10 Å². The van der Waals surface area contributed by atoms with Crippen molar-refractivity contribution in [2.45, 2.75) is 19.8 Å². The Labute approximate surface area is 82.7 Å². The number of likely N-dealkylation sites (N-methyl/N-ethyl adjacent to an activating group) is 1. The van der Waals surface area contributed by atoms with E-state index in [4.69, 9.17) is 16.6 Å². The summed E-state index contributed by atoms with van der Waals surface area (Å²) >= 11 is 4.82. The predicted octanol–water partition coefficient (Wildman–Crippen LogP) is 1.69. The van der Waals surface area contributed by atoms with Gasteiger partial charge in [0.2, 0.25) is 5.89 Å². The first-order valence-electron chi connectivity index (χ1n) is 4.35. The number of hydrogen-bond donors (Lipinski definition) is 2. The van der Waals surface area contributed by atoms with Gasteiger partial charge in [-0.15, -0.1) is 5.10 Å². The summed E-state index contributed by atoms with van der Waals surface area (Å²) < 4.78 is 5.27. The van der Waals surface area contributed by atoms with Crippen LogP contribution in [-0.4, -0.2) is 23.8 Å². The molecule has 0 spiro atoms. The van der Waals surface area contributed by atoms with Gasteiger partial charge in [-0.05, 0) is 25.2 Å². The normalized spacial score (nSPS) is 13.5. The number of nitrogens with zero attached hydrogens (tertiary/aromatic N) is 1. The zero-order chi connectivity index (χ0) is 9.84. The number of aromatic amines is 1. The number of H-pyrrole nitrogens is 1. The Morgan fingerprint density at radius 2 is 2.31 bits per heavy atom. The van der Waals surface area contributed by atoms with E-state index in [2.05, 4.69) is 29.4 Å². The van der Waals surface area contributed by atoms with Crippen LogP contribution >= 0.6 is 12.2 Å². The minimum absolute atomic E-state index is 0.276. The molecule has 0 aliphatic heterocycles. The van der Waals surface area contributed by atoms with Crippen molar-refractivity contribution in [2.24, 2.45) is 5.92 Å². The molecule has 1 aromatic heterocycles. The van der Waals surface area contributed by atoms with Crippen LogP contribution in [0.4, 0.5) is 0 Å². The van der Waals surface area contributed by atoms with Crippen molar-refractivity contribution in [2.75, 3.05) is 13.6 Å². The molecule has 0 bridgehead atoms. The molecule has 0 aliphatic carbocycles. The molecule has 0 fully saturated rings. The topological polar surface area (TPSA) is 53.9 Å². The zero-order valence-electron chi connectivity index (χ0n) is 8.13. The maximum atomic E-state index is 5.27. The van der Waals surface area contributed by atoms with E-state index in [1.165, 1.54) is 0 Å². The standard InChI is InChI=1S/C8H15N3OS/c1-5(2)6(4-9-3)7-10-11-8(13)12-7/h5-6,9H,4H2,1-3H3,(H,11,13). The van der Waals surface area contributed by atoms with Crippen LogP contribution in [0.25, 0.3) is 0 Å². The molecule has 4 nitrogen and oxygen atoms in total. The van der Waals surface area contributed by atoms with Crippen molar-refractivity contribution < 1.29 is 4.42 Å². The van der Waals surface area contributed by atoms with Gasteiger partial charge in [-0.3, -0.25) is 0 Å². The first-order valence-corrected chi connectivity index (χ1v) is 4.76. The summed E-state index contributed by atoms with van der Waals surface area (Å²) in [6, 6.07) is 0. The second kappa shape index (κ2) is 4.53. The second-order valence-electron chi connectivity index (χ2n) is 3.36. The largest absolute Gasteiger partial charge is 0.414 e. The molecule has 1 aromatic rings. The maximum absolute atomic E-state index is 5.27. The summed E-state index contributed by atoms with van der Waals surface area (Å²) in [5.74, 6) is 1.45. The number of nitrogens with one attached hydrogen (secondary N) is 2. The fraction of sp³-hybridized carbons (Fsp3) is 0.750. The van der Waals surface area contributed by atoms with E-state index in [1.807, 2.05) is 7.05 Å². The lowest BCUT2D eigenvalue weighted by Gasteiger charge is -2.15. The third-order valence-corrected chi connectivity index (χ3v) is 2.18. The highest BCUT2D eigenvalue weighted by molar-refractivity contribution is 7.71. The predicted molar refractivity (Wildman–Crippen MR) is 53.2 cm³/mol. The summed E-state index contributed by atoms with van der Waals surface area (Å²) in [6.07, 6.45) is 0. The van der Waals surface area contributed by atoms with Gasteiger partial charge in [0.15, 0.2) is 0 Å². The first-order chi connectivity index (χ1) is 6.15. The Morgan fingerprint density at radius 1 is 1.62 bits per heavy atom. The third kappa shape index (κ3) is 2.63. The van der Waals surface area contributed by atoms with Crippen LogP contribution < -0.4 is 5.32 Å². The molecule has 0 amide bonds. The highest BCUT2D eigenvalue weighted by Crippen LogP contribution is 2.21. The lowest BCUT2D eigenvalue weighted by atomic mass is 9.96. The molecule has 74 valence electrons. The van der Waals surface area contributed by atoms with Gasteiger partial charge in [0.1, 0.15) is 0 Å². The minimum Gasteiger partial charge on any atom is -0.414 e. The van der Waals surface area contributed by atoms with Crippen LogP contribution in [0.5, 0.6) is 0 Å². The quantitative estimate of drug-likeness (QED) is 0.728. The van der Waals surface area contributed by atoms with Gasteiger partial charge in [-0.1, -0.05) is 13.8 Å². The van der Waals surface area contributed by atoms with Crippen LogP contribution in [0.3, 0.4) is 0 Å². The Balaban J connectivity index is 2.81. The van der Waals surface area contributed by atoms with E-state index >= 15 is 0 Å². The molecule has 13 heavy (non-hydrogen) atoms. The Kier molecular flexibility index (Phi) is 3.62. The molecule has 0 saturated heterocycles. The molecule has 1 rings (SSSR count). The number of hydrogen-bond acceptors (Lipinski definition) is 4. The molecule has 2 N–H and O–H groups in total. The molecule has 0 aliphatic rings. The average molecular weight is 201 g/mol. The van der Waals surface area contributed by atoms with Crippen molar-refractivity contribution in [1.29, 1.82) is 0 Å². The number of aromatic nitrogens is 2. The van der Waals surface area contributed by atoms with Crippen molar-refractivity contribution in [3.63, 3.8) is 0 Å². The van der Waals surface area contributed by atoms with E-state index in [1.54, 1.807) is 0 Å². The van der Waals surface area contributed by atoms with Crippen LogP contribution in [0, 0.1) is 10.8 Å². The maximum Gasteiger partial charge on any atom is 0.284 e. The Hall–Kier alpha value is -0.680. The van der Waals surface area contributed by atoms with Gasteiger partial charge in [0, 0.05) is 6.54 Å². The van der Waals surface area contributed by atoms with Crippen LogP contribution in [0.1, 0.15) is 25.7 Å². The Bertz CT molecular complexity index is 304. The first kappa shape index (κ1) is 10.4. The SMILES string of the molecule is CNCC(c1n[nH]c(=S)o1)C(C)C. The van der Waals surface area contributed by atoms with Gasteiger partial charge >= 0.3 is 0 Å². The van der Waals surface area contributed by atoms with E-state index in [9.17, 15) is 0 Å².